The molecule has 0 amide bonds. The number of benzene rings is 3. The second-order valence-corrected chi connectivity index (χ2v) is 9.27. The fourth-order valence-electron chi connectivity index (χ4n) is 3.16. The van der Waals surface area contributed by atoms with Gasteiger partial charge in [0.25, 0.3) is 0 Å². The zero-order valence-electron chi connectivity index (χ0n) is 20.3. The van der Waals surface area contributed by atoms with E-state index in [0.717, 1.165) is 16.7 Å². The number of Topliss-reactive ketones (excluding diaryl/α,β-unsaturated/α-hetero) is 3. The minimum atomic E-state index is -1.38. The average molecular weight is 461 g/mol. The SMILES string of the molecule is CC(=O)c1ccccc1.CC(C)(O)C(=O)c1ccc(Cc2ccc(C(=O)C(C)(C)O)cc2)cc1. The third-order valence-corrected chi connectivity index (χ3v) is 5.13. The van der Waals surface area contributed by atoms with Crippen LogP contribution in [0.25, 0.3) is 0 Å². The molecule has 5 heteroatoms. The molecule has 0 saturated carbocycles. The number of ketones is 3. The van der Waals surface area contributed by atoms with Gasteiger partial charge in [0.15, 0.2) is 17.3 Å². The first-order valence-electron chi connectivity index (χ1n) is 11.1. The van der Waals surface area contributed by atoms with Gasteiger partial charge in [0.1, 0.15) is 11.2 Å². The Balaban J connectivity index is 0.000000379. The van der Waals surface area contributed by atoms with Crippen LogP contribution in [0.4, 0.5) is 0 Å². The molecule has 5 nitrogen and oxygen atoms in total. The number of carbonyl (C=O) groups excluding carboxylic acids is 3. The van der Waals surface area contributed by atoms with Crippen molar-refractivity contribution in [2.45, 2.75) is 52.2 Å². The molecule has 0 unspecified atom stereocenters. The van der Waals surface area contributed by atoms with E-state index in [1.54, 1.807) is 31.2 Å². The number of hydrogen-bond acceptors (Lipinski definition) is 5. The Morgan fingerprint density at radius 3 is 1.21 bits per heavy atom. The maximum Gasteiger partial charge on any atom is 0.193 e. The molecule has 0 heterocycles. The Hall–Kier alpha value is -3.41. The second-order valence-electron chi connectivity index (χ2n) is 9.27. The molecule has 3 aromatic carbocycles. The van der Waals surface area contributed by atoms with Crippen molar-refractivity contribution < 1.29 is 24.6 Å². The highest BCUT2D eigenvalue weighted by Crippen LogP contribution is 2.18. The molecule has 3 aromatic rings. The molecule has 3 rings (SSSR count). The Labute approximate surface area is 201 Å². The smallest absolute Gasteiger partial charge is 0.193 e. The molecule has 0 aliphatic carbocycles. The van der Waals surface area contributed by atoms with Gasteiger partial charge < -0.3 is 10.2 Å². The maximum atomic E-state index is 12.0. The molecule has 2 N–H and O–H groups in total. The van der Waals surface area contributed by atoms with Crippen LogP contribution in [-0.2, 0) is 6.42 Å². The average Bonchev–Trinajstić information content (AvgIpc) is 2.79. The van der Waals surface area contributed by atoms with Crippen molar-refractivity contribution in [2.75, 3.05) is 0 Å². The van der Waals surface area contributed by atoms with E-state index in [1.807, 2.05) is 54.6 Å². The molecular formula is C29H32O5. The van der Waals surface area contributed by atoms with Crippen molar-refractivity contribution in [3.63, 3.8) is 0 Å². The predicted octanol–water partition coefficient (Wildman–Crippen LogP) is 5.07. The van der Waals surface area contributed by atoms with E-state index >= 15 is 0 Å². The third-order valence-electron chi connectivity index (χ3n) is 5.13. The van der Waals surface area contributed by atoms with Crippen LogP contribution >= 0.6 is 0 Å². The lowest BCUT2D eigenvalue weighted by Gasteiger charge is -2.16. The normalized spacial score (nSPS) is 11.3. The number of hydrogen-bond donors (Lipinski definition) is 2. The van der Waals surface area contributed by atoms with Gasteiger partial charge in [0.2, 0.25) is 0 Å². The summed E-state index contributed by atoms with van der Waals surface area (Å²) in [5.74, 6) is -0.502. The maximum absolute atomic E-state index is 12.0. The van der Waals surface area contributed by atoms with Gasteiger partial charge in [-0.25, -0.2) is 0 Å². The topological polar surface area (TPSA) is 91.7 Å². The quantitative estimate of drug-likeness (QED) is 0.480. The van der Waals surface area contributed by atoms with Gasteiger partial charge in [-0.1, -0.05) is 78.9 Å². The minimum absolute atomic E-state index is 0.121. The van der Waals surface area contributed by atoms with Crippen molar-refractivity contribution in [3.8, 4) is 0 Å². The molecule has 0 aromatic heterocycles. The first kappa shape index (κ1) is 26.8. The number of carbonyl (C=O) groups is 3. The van der Waals surface area contributed by atoms with Gasteiger partial charge in [0.05, 0.1) is 0 Å². The summed E-state index contributed by atoms with van der Waals surface area (Å²) in [7, 11) is 0. The summed E-state index contributed by atoms with van der Waals surface area (Å²) < 4.78 is 0. The Kier molecular flexibility index (Phi) is 8.80. The van der Waals surface area contributed by atoms with E-state index in [9.17, 15) is 24.6 Å². The van der Waals surface area contributed by atoms with E-state index in [1.165, 1.54) is 27.7 Å². The molecule has 0 atom stereocenters. The summed E-state index contributed by atoms with van der Waals surface area (Å²) >= 11 is 0. The summed E-state index contributed by atoms with van der Waals surface area (Å²) in [4.78, 5) is 34.7. The first-order chi connectivity index (χ1) is 15.8. The van der Waals surface area contributed by atoms with Gasteiger partial charge in [-0.15, -0.1) is 0 Å². The Bertz CT molecular complexity index is 1050. The molecule has 0 fully saturated rings. The lowest BCUT2D eigenvalue weighted by atomic mass is 9.94. The third kappa shape index (κ3) is 7.87. The Morgan fingerprint density at radius 2 is 0.941 bits per heavy atom. The first-order valence-corrected chi connectivity index (χ1v) is 11.1. The monoisotopic (exact) mass is 460 g/mol. The summed E-state index contributed by atoms with van der Waals surface area (Å²) in [6.07, 6.45) is 0.661. The van der Waals surface area contributed by atoms with Crippen LogP contribution < -0.4 is 0 Å². The second kappa shape index (κ2) is 11.1. The summed E-state index contributed by atoms with van der Waals surface area (Å²) in [5, 5.41) is 19.6. The molecular weight excluding hydrogens is 428 g/mol. The van der Waals surface area contributed by atoms with E-state index in [0.29, 0.717) is 17.5 Å². The van der Waals surface area contributed by atoms with Crippen LogP contribution in [0.1, 0.15) is 76.8 Å². The highest BCUT2D eigenvalue weighted by molar-refractivity contribution is 6.02. The molecule has 178 valence electrons. The number of rotatable bonds is 7. The molecule has 0 radical (unpaired) electrons. The lowest BCUT2D eigenvalue weighted by molar-refractivity contribution is 0.0487. The van der Waals surface area contributed by atoms with Gasteiger partial charge in [0, 0.05) is 16.7 Å². The van der Waals surface area contributed by atoms with Crippen LogP contribution in [0.15, 0.2) is 78.9 Å². The van der Waals surface area contributed by atoms with Crippen molar-refractivity contribution in [1.29, 1.82) is 0 Å². The summed E-state index contributed by atoms with van der Waals surface area (Å²) in [6.45, 7) is 7.45. The van der Waals surface area contributed by atoms with Crippen molar-refractivity contribution in [1.82, 2.24) is 0 Å². The molecule has 0 bridgehead atoms. The van der Waals surface area contributed by atoms with E-state index in [-0.39, 0.29) is 17.3 Å². The molecule has 34 heavy (non-hydrogen) atoms. The van der Waals surface area contributed by atoms with Gasteiger partial charge in [-0.2, -0.15) is 0 Å². The van der Waals surface area contributed by atoms with Crippen molar-refractivity contribution in [2.24, 2.45) is 0 Å². The predicted molar refractivity (Wildman–Crippen MR) is 133 cm³/mol. The highest BCUT2D eigenvalue weighted by atomic mass is 16.3. The largest absolute Gasteiger partial charge is 0.382 e. The highest BCUT2D eigenvalue weighted by Gasteiger charge is 2.25. The van der Waals surface area contributed by atoms with Crippen molar-refractivity contribution in [3.05, 3.63) is 107 Å². The summed E-state index contributed by atoms with van der Waals surface area (Å²) in [6, 6.07) is 23.5. The Morgan fingerprint density at radius 1 is 0.588 bits per heavy atom. The van der Waals surface area contributed by atoms with Gasteiger partial charge in [-0.3, -0.25) is 14.4 Å². The van der Waals surface area contributed by atoms with Crippen LogP contribution in [0.5, 0.6) is 0 Å². The lowest BCUT2D eigenvalue weighted by Crippen LogP contribution is -2.31. The molecule has 0 saturated heterocycles. The van der Waals surface area contributed by atoms with Crippen LogP contribution in [-0.4, -0.2) is 38.8 Å². The standard InChI is InChI=1S/C21H24O4.C8H8O/c1-20(2,24)18(22)16-9-5-14(6-10-16)13-15-7-11-17(12-8-15)19(23)21(3,4)25;1-7(9)8-5-3-2-4-6-8/h5-12,24-25H,13H2,1-4H3;2-6H,1H3. The van der Waals surface area contributed by atoms with Crippen LogP contribution in [0, 0.1) is 0 Å². The van der Waals surface area contributed by atoms with E-state index < -0.39 is 11.2 Å². The van der Waals surface area contributed by atoms with Crippen LogP contribution in [0.3, 0.4) is 0 Å². The fraction of sp³-hybridized carbons (Fsp3) is 0.276. The molecule has 0 aliphatic heterocycles. The minimum Gasteiger partial charge on any atom is -0.382 e. The van der Waals surface area contributed by atoms with Gasteiger partial charge in [-0.05, 0) is 52.2 Å². The fourth-order valence-corrected chi connectivity index (χ4v) is 3.16. The van der Waals surface area contributed by atoms with E-state index in [4.69, 9.17) is 0 Å². The van der Waals surface area contributed by atoms with Gasteiger partial charge >= 0.3 is 0 Å². The van der Waals surface area contributed by atoms with E-state index in [2.05, 4.69) is 0 Å². The molecule has 0 spiro atoms. The number of aliphatic hydroxyl groups is 2. The zero-order chi connectivity index (χ0) is 25.5. The molecule has 0 aliphatic rings. The van der Waals surface area contributed by atoms with Crippen LogP contribution in [0.2, 0.25) is 0 Å². The van der Waals surface area contributed by atoms with Crippen molar-refractivity contribution >= 4 is 17.3 Å². The summed E-state index contributed by atoms with van der Waals surface area (Å²) in [5.41, 5.74) is 0.999. The zero-order valence-corrected chi connectivity index (χ0v) is 20.3.